The number of carboxylic acid groups (broad SMARTS) is 1. The summed E-state index contributed by atoms with van der Waals surface area (Å²) in [6, 6.07) is 7.43. The minimum Gasteiger partial charge on any atom is -0.475 e. The normalized spacial score (nSPS) is 12.1. The van der Waals surface area contributed by atoms with Gasteiger partial charge in [-0.2, -0.15) is 5.10 Å². The number of unbranched alkanes of at least 4 members (excludes halogenated alkanes) is 2. The first kappa shape index (κ1) is 23.9. The van der Waals surface area contributed by atoms with Gasteiger partial charge >= 0.3 is 11.9 Å². The van der Waals surface area contributed by atoms with Crippen LogP contribution < -0.4 is 0 Å². The van der Waals surface area contributed by atoms with Gasteiger partial charge in [-0.05, 0) is 53.2 Å². The Morgan fingerprint density at radius 2 is 1.73 bits per heavy atom. The molecule has 0 radical (unpaired) electrons. The van der Waals surface area contributed by atoms with E-state index in [1.807, 2.05) is 58.9 Å². The van der Waals surface area contributed by atoms with Gasteiger partial charge in [0.15, 0.2) is 5.82 Å². The summed E-state index contributed by atoms with van der Waals surface area (Å²) in [5.41, 5.74) is 0.188. The number of aromatic nitrogens is 3. The number of ether oxygens (including phenoxy) is 1. The van der Waals surface area contributed by atoms with Gasteiger partial charge < -0.3 is 9.84 Å². The Balaban J connectivity index is 2.16. The average Bonchev–Trinajstić information content (AvgIpc) is 3.05. The van der Waals surface area contributed by atoms with Gasteiger partial charge in [0.1, 0.15) is 10.3 Å². The third-order valence-corrected chi connectivity index (χ3v) is 5.40. The molecule has 30 heavy (non-hydrogen) atoms. The quantitative estimate of drug-likeness (QED) is 0.336. The van der Waals surface area contributed by atoms with Crippen molar-refractivity contribution in [3.8, 4) is 11.4 Å². The van der Waals surface area contributed by atoms with E-state index >= 15 is 0 Å². The number of esters is 1. The van der Waals surface area contributed by atoms with Crippen molar-refractivity contribution in [3.05, 3.63) is 30.1 Å². The number of carboxylic acids is 1. The predicted molar refractivity (Wildman–Crippen MR) is 118 cm³/mol. The standard InChI is InChI=1S/C22H31N3O4S/c1-7-8-9-14-25-18(19(26)27)23-17(24-25)15-10-12-16(13-11-15)30-22(5,6)20(28)29-21(2,3)4/h10-13H,7-9,14H2,1-6H3,(H,26,27). The Morgan fingerprint density at radius 3 is 2.27 bits per heavy atom. The number of aryl methyl sites for hydroxylation is 1. The maximum atomic E-state index is 12.5. The van der Waals surface area contributed by atoms with Crippen molar-refractivity contribution >= 4 is 23.7 Å². The number of rotatable bonds is 9. The van der Waals surface area contributed by atoms with E-state index in [1.165, 1.54) is 16.4 Å². The molecular formula is C22H31N3O4S. The zero-order valence-electron chi connectivity index (χ0n) is 18.6. The zero-order valence-corrected chi connectivity index (χ0v) is 19.4. The van der Waals surface area contributed by atoms with Gasteiger partial charge in [0.25, 0.3) is 0 Å². The Morgan fingerprint density at radius 1 is 1.10 bits per heavy atom. The first-order chi connectivity index (χ1) is 13.9. The second-order valence-corrected chi connectivity index (χ2v) is 10.3. The molecule has 0 atom stereocenters. The number of hydrogen-bond acceptors (Lipinski definition) is 6. The van der Waals surface area contributed by atoms with Crippen molar-refractivity contribution < 1.29 is 19.4 Å². The fraction of sp³-hybridized carbons (Fsp3) is 0.545. The highest BCUT2D eigenvalue weighted by atomic mass is 32.2. The van der Waals surface area contributed by atoms with E-state index in [0.717, 1.165) is 29.7 Å². The molecule has 1 N–H and O–H groups in total. The van der Waals surface area contributed by atoms with Crippen LogP contribution in [0.1, 0.15) is 71.4 Å². The monoisotopic (exact) mass is 433 g/mol. The van der Waals surface area contributed by atoms with E-state index < -0.39 is 16.3 Å². The van der Waals surface area contributed by atoms with Crippen LogP contribution in [0.5, 0.6) is 0 Å². The van der Waals surface area contributed by atoms with E-state index in [0.29, 0.717) is 12.4 Å². The highest BCUT2D eigenvalue weighted by Gasteiger charge is 2.33. The van der Waals surface area contributed by atoms with Crippen LogP contribution in [-0.2, 0) is 16.1 Å². The highest BCUT2D eigenvalue weighted by Crippen LogP contribution is 2.35. The van der Waals surface area contributed by atoms with Gasteiger partial charge in [-0.1, -0.05) is 31.9 Å². The molecule has 2 aromatic rings. The number of aromatic carboxylic acids is 1. The number of thioether (sulfide) groups is 1. The molecule has 0 saturated carbocycles. The fourth-order valence-electron chi connectivity index (χ4n) is 2.70. The van der Waals surface area contributed by atoms with E-state index in [9.17, 15) is 14.7 Å². The molecule has 8 heteroatoms. The van der Waals surface area contributed by atoms with Crippen molar-refractivity contribution in [3.63, 3.8) is 0 Å². The largest absolute Gasteiger partial charge is 0.475 e. The SMILES string of the molecule is CCCCCn1nc(-c2ccc(SC(C)(C)C(=O)OC(C)(C)C)cc2)nc1C(=O)O. The van der Waals surface area contributed by atoms with Gasteiger partial charge in [-0.3, -0.25) is 4.79 Å². The lowest BCUT2D eigenvalue weighted by Gasteiger charge is -2.28. The van der Waals surface area contributed by atoms with Gasteiger partial charge in [0, 0.05) is 17.0 Å². The van der Waals surface area contributed by atoms with E-state index in [1.54, 1.807) is 0 Å². The Bertz CT molecular complexity index is 883. The molecule has 164 valence electrons. The highest BCUT2D eigenvalue weighted by molar-refractivity contribution is 8.01. The third kappa shape index (κ3) is 6.58. The lowest BCUT2D eigenvalue weighted by Crippen LogP contribution is -2.36. The molecule has 0 aliphatic heterocycles. The molecule has 0 fully saturated rings. The molecular weight excluding hydrogens is 402 g/mol. The number of nitrogens with zero attached hydrogens (tertiary/aromatic N) is 3. The number of hydrogen-bond donors (Lipinski definition) is 1. The smallest absolute Gasteiger partial charge is 0.373 e. The van der Waals surface area contributed by atoms with Crippen LogP contribution >= 0.6 is 11.8 Å². The third-order valence-electron chi connectivity index (χ3n) is 4.21. The maximum Gasteiger partial charge on any atom is 0.373 e. The predicted octanol–water partition coefficient (Wildman–Crippen LogP) is 5.05. The van der Waals surface area contributed by atoms with Crippen LogP contribution in [0, 0.1) is 0 Å². The molecule has 1 heterocycles. The fourth-order valence-corrected chi connectivity index (χ4v) is 3.69. The zero-order chi connectivity index (χ0) is 22.5. The average molecular weight is 434 g/mol. The lowest BCUT2D eigenvalue weighted by atomic mass is 10.1. The summed E-state index contributed by atoms with van der Waals surface area (Å²) in [5, 5.41) is 13.8. The van der Waals surface area contributed by atoms with Gasteiger partial charge in [0.05, 0.1) is 0 Å². The lowest BCUT2D eigenvalue weighted by molar-refractivity contribution is -0.156. The number of carbonyl (C=O) groups is 2. The van der Waals surface area contributed by atoms with Crippen LogP contribution in [0.25, 0.3) is 11.4 Å². The summed E-state index contributed by atoms with van der Waals surface area (Å²) in [5.74, 6) is -1.03. The molecule has 0 aliphatic carbocycles. The molecule has 1 aromatic carbocycles. The molecule has 0 saturated heterocycles. The summed E-state index contributed by atoms with van der Waals surface area (Å²) in [4.78, 5) is 29.1. The summed E-state index contributed by atoms with van der Waals surface area (Å²) >= 11 is 1.41. The van der Waals surface area contributed by atoms with Crippen molar-refractivity contribution in [2.24, 2.45) is 0 Å². The molecule has 0 bridgehead atoms. The molecule has 0 unspecified atom stereocenters. The molecule has 0 spiro atoms. The first-order valence-corrected chi connectivity index (χ1v) is 11.0. The number of benzene rings is 1. The Kier molecular flexibility index (Phi) is 7.69. The van der Waals surface area contributed by atoms with Crippen molar-refractivity contribution in [1.82, 2.24) is 14.8 Å². The van der Waals surface area contributed by atoms with Crippen LogP contribution in [0.2, 0.25) is 0 Å². The Hall–Kier alpha value is -2.35. The maximum absolute atomic E-state index is 12.5. The summed E-state index contributed by atoms with van der Waals surface area (Å²) in [7, 11) is 0. The molecule has 0 aliphatic rings. The second-order valence-electron chi connectivity index (χ2n) is 8.63. The number of carbonyl (C=O) groups excluding carboxylic acids is 1. The van der Waals surface area contributed by atoms with Crippen molar-refractivity contribution in [2.45, 2.75) is 82.6 Å². The van der Waals surface area contributed by atoms with E-state index in [-0.39, 0.29) is 11.8 Å². The molecule has 7 nitrogen and oxygen atoms in total. The van der Waals surface area contributed by atoms with Crippen molar-refractivity contribution in [2.75, 3.05) is 0 Å². The second kappa shape index (κ2) is 9.64. The van der Waals surface area contributed by atoms with E-state index in [2.05, 4.69) is 17.0 Å². The molecule has 1 aromatic heterocycles. The van der Waals surface area contributed by atoms with Crippen LogP contribution in [0.3, 0.4) is 0 Å². The Labute approximate surface area is 182 Å². The summed E-state index contributed by atoms with van der Waals surface area (Å²) in [6.07, 6.45) is 2.91. The topological polar surface area (TPSA) is 94.3 Å². The van der Waals surface area contributed by atoms with Gasteiger partial charge in [0.2, 0.25) is 5.82 Å². The van der Waals surface area contributed by atoms with Crippen molar-refractivity contribution in [1.29, 1.82) is 0 Å². The van der Waals surface area contributed by atoms with Gasteiger partial charge in [-0.25, -0.2) is 14.5 Å². The van der Waals surface area contributed by atoms with Gasteiger partial charge in [-0.15, -0.1) is 11.8 Å². The van der Waals surface area contributed by atoms with Crippen LogP contribution in [0.4, 0.5) is 0 Å². The summed E-state index contributed by atoms with van der Waals surface area (Å²) in [6.45, 7) is 11.8. The first-order valence-electron chi connectivity index (χ1n) is 10.1. The molecule has 2 rings (SSSR count). The van der Waals surface area contributed by atoms with E-state index in [4.69, 9.17) is 4.74 Å². The van der Waals surface area contributed by atoms with Crippen LogP contribution in [-0.4, -0.2) is 42.2 Å². The minimum absolute atomic E-state index is 0.0504. The summed E-state index contributed by atoms with van der Waals surface area (Å²) < 4.78 is 6.22. The molecule has 0 amide bonds. The minimum atomic E-state index is -1.09. The van der Waals surface area contributed by atoms with Crippen LogP contribution in [0.15, 0.2) is 29.2 Å².